The van der Waals surface area contributed by atoms with Gasteiger partial charge in [-0.1, -0.05) is 48.4 Å². The van der Waals surface area contributed by atoms with Crippen molar-refractivity contribution in [2.75, 3.05) is 12.4 Å². The molecule has 2 bridgehead atoms. The number of carbonyl (C=O) groups excluding carboxylic acids is 3. The monoisotopic (exact) mass is 593 g/mol. The molecule has 218 valence electrons. The van der Waals surface area contributed by atoms with Crippen LogP contribution in [0.3, 0.4) is 0 Å². The third-order valence-electron chi connectivity index (χ3n) is 7.25. The minimum atomic E-state index is -0.675. The van der Waals surface area contributed by atoms with Gasteiger partial charge in [0.05, 0.1) is 48.4 Å². The van der Waals surface area contributed by atoms with E-state index in [1.54, 1.807) is 30.5 Å². The quantitative estimate of drug-likeness (QED) is 0.273. The van der Waals surface area contributed by atoms with Crippen LogP contribution in [0.1, 0.15) is 60.5 Å². The molecule has 4 aromatic rings. The number of aromatic nitrogens is 5. The lowest BCUT2D eigenvalue weighted by atomic mass is 9.95. The standard InChI is InChI=1S/C29H29ClFN7O4/c1-3-17-6-4-8-20(34-29(41)23-15-38(37-36-23)24-9-5-7-19(30)26(24)31)27-32-14-22(33-27)18-11-10-16(13-25(39)42-2)12-21(18)35-28(17)40/h5,7,9-12,14-15,17,20H,3-4,6,8,13H2,1-2H3,(H,32,33)(H,34,41)(H,35,40)/t17-,20-/m0/s1. The second-order valence-electron chi connectivity index (χ2n) is 9.99. The summed E-state index contributed by atoms with van der Waals surface area (Å²) in [5, 5.41) is 13.7. The van der Waals surface area contributed by atoms with Crippen molar-refractivity contribution >= 4 is 35.1 Å². The highest BCUT2D eigenvalue weighted by Crippen LogP contribution is 2.32. The molecule has 42 heavy (non-hydrogen) atoms. The van der Waals surface area contributed by atoms with Gasteiger partial charge in [0.25, 0.3) is 5.91 Å². The first kappa shape index (κ1) is 28.9. The van der Waals surface area contributed by atoms with E-state index in [4.69, 9.17) is 16.3 Å². The number of anilines is 1. The summed E-state index contributed by atoms with van der Waals surface area (Å²) in [6.07, 6.45) is 5.37. The maximum absolute atomic E-state index is 14.5. The molecule has 3 heterocycles. The lowest BCUT2D eigenvalue weighted by Gasteiger charge is -2.21. The molecule has 11 nitrogen and oxygen atoms in total. The van der Waals surface area contributed by atoms with Crippen LogP contribution in [0, 0.1) is 11.7 Å². The highest BCUT2D eigenvalue weighted by Gasteiger charge is 2.25. The molecule has 13 heteroatoms. The van der Waals surface area contributed by atoms with Gasteiger partial charge in [0.1, 0.15) is 11.5 Å². The maximum atomic E-state index is 14.5. The van der Waals surface area contributed by atoms with Crippen LogP contribution in [0.15, 0.2) is 48.8 Å². The topological polar surface area (TPSA) is 144 Å². The number of hydrogen-bond donors (Lipinski definition) is 3. The Labute approximate surface area is 245 Å². The van der Waals surface area contributed by atoms with Gasteiger partial charge >= 0.3 is 5.97 Å². The molecule has 3 N–H and O–H groups in total. The highest BCUT2D eigenvalue weighted by atomic mass is 35.5. The van der Waals surface area contributed by atoms with Crippen molar-refractivity contribution in [2.24, 2.45) is 5.92 Å². The molecule has 2 atom stereocenters. The summed E-state index contributed by atoms with van der Waals surface area (Å²) in [6.45, 7) is 1.95. The van der Waals surface area contributed by atoms with E-state index in [1.165, 1.54) is 25.4 Å². The highest BCUT2D eigenvalue weighted by molar-refractivity contribution is 6.30. The fourth-order valence-corrected chi connectivity index (χ4v) is 5.09. The normalized spacial score (nSPS) is 16.9. The number of fused-ring (bicyclic) bond motifs is 4. The Bertz CT molecular complexity index is 1640. The largest absolute Gasteiger partial charge is 0.469 e. The number of hydrogen-bond acceptors (Lipinski definition) is 7. The summed E-state index contributed by atoms with van der Waals surface area (Å²) in [5.41, 5.74) is 2.59. The predicted octanol–water partition coefficient (Wildman–Crippen LogP) is 4.79. The number of esters is 1. The van der Waals surface area contributed by atoms with E-state index in [0.717, 1.165) is 4.68 Å². The number of H-pyrrole nitrogens is 1. The molecule has 0 unspecified atom stereocenters. The van der Waals surface area contributed by atoms with Crippen molar-refractivity contribution in [3.05, 3.63) is 76.7 Å². The lowest BCUT2D eigenvalue weighted by molar-refractivity contribution is -0.139. The van der Waals surface area contributed by atoms with Gasteiger partial charge in [0, 0.05) is 11.5 Å². The molecule has 1 aliphatic heterocycles. The molecule has 2 amide bonds. The van der Waals surface area contributed by atoms with Crippen molar-refractivity contribution in [3.8, 4) is 16.9 Å². The number of rotatable bonds is 6. The minimum absolute atomic E-state index is 0.0124. The third-order valence-corrected chi connectivity index (χ3v) is 7.54. The molecule has 2 aromatic carbocycles. The summed E-state index contributed by atoms with van der Waals surface area (Å²) in [5.74, 6) is -1.44. The smallest absolute Gasteiger partial charge is 0.309 e. The Hall–Kier alpha value is -4.58. The number of carbonyl (C=O) groups is 3. The third kappa shape index (κ3) is 6.18. The first-order chi connectivity index (χ1) is 20.3. The van der Waals surface area contributed by atoms with E-state index in [-0.39, 0.29) is 40.6 Å². The predicted molar refractivity (Wildman–Crippen MR) is 153 cm³/mol. The van der Waals surface area contributed by atoms with Crippen LogP contribution in [0.2, 0.25) is 5.02 Å². The van der Waals surface area contributed by atoms with Crippen LogP contribution in [0.4, 0.5) is 10.1 Å². The molecule has 1 aliphatic rings. The van der Waals surface area contributed by atoms with Gasteiger partial charge in [-0.2, -0.15) is 0 Å². The number of nitrogens with zero attached hydrogens (tertiary/aromatic N) is 4. The molecular formula is C29H29ClFN7O4. The Morgan fingerprint density at radius 1 is 1.24 bits per heavy atom. The van der Waals surface area contributed by atoms with Crippen LogP contribution >= 0.6 is 11.6 Å². The Morgan fingerprint density at radius 3 is 2.86 bits per heavy atom. The number of methoxy groups -OCH3 is 1. The fraction of sp³-hybridized carbons (Fsp3) is 0.310. The van der Waals surface area contributed by atoms with E-state index in [1.807, 2.05) is 6.92 Å². The van der Waals surface area contributed by atoms with Gasteiger partial charge in [-0.05, 0) is 43.0 Å². The molecule has 0 saturated heterocycles. The molecular weight excluding hydrogens is 565 g/mol. The van der Waals surface area contributed by atoms with E-state index in [2.05, 4.69) is 30.9 Å². The average Bonchev–Trinajstić information content (AvgIpc) is 3.66. The average molecular weight is 594 g/mol. The molecule has 0 fully saturated rings. The van der Waals surface area contributed by atoms with Gasteiger partial charge in [-0.15, -0.1) is 5.10 Å². The van der Waals surface area contributed by atoms with E-state index in [0.29, 0.717) is 54.0 Å². The van der Waals surface area contributed by atoms with Gasteiger partial charge in [0.15, 0.2) is 11.5 Å². The van der Waals surface area contributed by atoms with Crippen LogP contribution in [0.5, 0.6) is 0 Å². The molecule has 2 aromatic heterocycles. The number of imidazole rings is 1. The van der Waals surface area contributed by atoms with Crippen LogP contribution in [-0.2, 0) is 20.7 Å². The zero-order valence-electron chi connectivity index (χ0n) is 23.0. The SMILES string of the molecule is CC[C@H]1CCC[C@H](NC(=O)c2cn(-c3cccc(Cl)c3F)nn2)c2ncc([nH]2)-c2ccc(CC(=O)OC)cc2NC1=O. The summed E-state index contributed by atoms with van der Waals surface area (Å²) in [6, 6.07) is 9.29. The van der Waals surface area contributed by atoms with Crippen LogP contribution < -0.4 is 10.6 Å². The lowest BCUT2D eigenvalue weighted by Crippen LogP contribution is -2.30. The second-order valence-corrected chi connectivity index (χ2v) is 10.4. The zero-order valence-corrected chi connectivity index (χ0v) is 23.7. The van der Waals surface area contributed by atoms with Crippen molar-refractivity contribution < 1.29 is 23.5 Å². The molecule has 0 radical (unpaired) electrons. The van der Waals surface area contributed by atoms with Gasteiger partial charge in [-0.3, -0.25) is 14.4 Å². The van der Waals surface area contributed by atoms with Crippen molar-refractivity contribution in [1.82, 2.24) is 30.3 Å². The number of nitrogens with one attached hydrogen (secondary N) is 3. The minimum Gasteiger partial charge on any atom is -0.469 e. The molecule has 0 saturated carbocycles. The Balaban J connectivity index is 1.44. The number of amides is 2. The van der Waals surface area contributed by atoms with Crippen molar-refractivity contribution in [2.45, 2.75) is 45.1 Å². The number of ether oxygens (including phenoxy) is 1. The van der Waals surface area contributed by atoms with E-state index < -0.39 is 17.8 Å². The van der Waals surface area contributed by atoms with E-state index in [9.17, 15) is 18.8 Å². The Morgan fingerprint density at radius 2 is 2.07 bits per heavy atom. The number of benzene rings is 2. The van der Waals surface area contributed by atoms with Gasteiger partial charge in [0.2, 0.25) is 5.91 Å². The summed E-state index contributed by atoms with van der Waals surface area (Å²) >= 11 is 5.88. The van der Waals surface area contributed by atoms with Gasteiger partial charge < -0.3 is 20.4 Å². The summed E-state index contributed by atoms with van der Waals surface area (Å²) < 4.78 is 20.4. The van der Waals surface area contributed by atoms with Crippen LogP contribution in [0.25, 0.3) is 16.9 Å². The first-order valence-electron chi connectivity index (χ1n) is 13.5. The first-order valence-corrected chi connectivity index (χ1v) is 13.9. The van der Waals surface area contributed by atoms with E-state index >= 15 is 0 Å². The zero-order chi connectivity index (χ0) is 29.8. The maximum Gasteiger partial charge on any atom is 0.309 e. The fourth-order valence-electron chi connectivity index (χ4n) is 4.92. The second kappa shape index (κ2) is 12.5. The van der Waals surface area contributed by atoms with Crippen molar-refractivity contribution in [3.63, 3.8) is 0 Å². The van der Waals surface area contributed by atoms with Crippen LogP contribution in [-0.4, -0.2) is 49.9 Å². The Kier molecular flexibility index (Phi) is 8.62. The molecule has 5 rings (SSSR count). The molecule has 0 spiro atoms. The number of aromatic amines is 1. The number of halogens is 2. The van der Waals surface area contributed by atoms with Gasteiger partial charge in [-0.25, -0.2) is 14.1 Å². The summed E-state index contributed by atoms with van der Waals surface area (Å²) in [4.78, 5) is 46.1. The summed E-state index contributed by atoms with van der Waals surface area (Å²) in [7, 11) is 1.33. The molecule has 0 aliphatic carbocycles. The van der Waals surface area contributed by atoms with Crippen molar-refractivity contribution in [1.29, 1.82) is 0 Å².